The second kappa shape index (κ2) is 4.59. The lowest BCUT2D eigenvalue weighted by Crippen LogP contribution is -2.35. The molecule has 0 aliphatic carbocycles. The van der Waals surface area contributed by atoms with Gasteiger partial charge in [-0.1, -0.05) is 18.2 Å². The fourth-order valence-electron chi connectivity index (χ4n) is 1.46. The second-order valence-electron chi connectivity index (χ2n) is 3.83. The molecule has 0 fully saturated rings. The van der Waals surface area contributed by atoms with Crippen molar-refractivity contribution in [2.75, 3.05) is 6.61 Å². The molecule has 1 aromatic rings. The van der Waals surface area contributed by atoms with Crippen LogP contribution in [0.2, 0.25) is 0 Å². The Balaban J connectivity index is 3.12. The molecule has 0 saturated heterocycles. The molecule has 0 unspecified atom stereocenters. The van der Waals surface area contributed by atoms with Crippen molar-refractivity contribution in [2.45, 2.75) is 25.8 Å². The summed E-state index contributed by atoms with van der Waals surface area (Å²) >= 11 is 2.31. The van der Waals surface area contributed by atoms with E-state index in [1.165, 1.54) is 9.13 Å². The van der Waals surface area contributed by atoms with E-state index in [1.807, 2.05) is 19.1 Å². The zero-order chi connectivity index (χ0) is 10.8. The molecule has 1 atom stereocenters. The third-order valence-electron chi connectivity index (χ3n) is 2.44. The summed E-state index contributed by atoms with van der Waals surface area (Å²) < 4.78 is 1.20. The first-order chi connectivity index (χ1) is 6.49. The van der Waals surface area contributed by atoms with Crippen molar-refractivity contribution < 1.29 is 5.11 Å². The van der Waals surface area contributed by atoms with E-state index in [0.29, 0.717) is 6.42 Å². The van der Waals surface area contributed by atoms with E-state index in [0.717, 1.165) is 5.56 Å². The lowest BCUT2D eigenvalue weighted by Gasteiger charge is -2.26. The van der Waals surface area contributed by atoms with Crippen molar-refractivity contribution in [3.8, 4) is 0 Å². The first-order valence-corrected chi connectivity index (χ1v) is 5.72. The van der Waals surface area contributed by atoms with Gasteiger partial charge in [0.2, 0.25) is 0 Å². The Bertz CT molecular complexity index is 323. The van der Waals surface area contributed by atoms with Gasteiger partial charge in [-0.3, -0.25) is 0 Å². The molecule has 0 saturated carbocycles. The summed E-state index contributed by atoms with van der Waals surface area (Å²) in [7, 11) is 0. The van der Waals surface area contributed by atoms with E-state index in [9.17, 15) is 0 Å². The van der Waals surface area contributed by atoms with Crippen LogP contribution in [0.4, 0.5) is 0 Å². The van der Waals surface area contributed by atoms with E-state index in [1.54, 1.807) is 0 Å². The first kappa shape index (κ1) is 11.9. The van der Waals surface area contributed by atoms with Gasteiger partial charge in [-0.2, -0.15) is 0 Å². The minimum atomic E-state index is -0.433. The molecule has 2 nitrogen and oxygen atoms in total. The Labute approximate surface area is 98.7 Å². The minimum Gasteiger partial charge on any atom is -0.396 e. The second-order valence-corrected chi connectivity index (χ2v) is 4.91. The Morgan fingerprint density at radius 3 is 2.71 bits per heavy atom. The lowest BCUT2D eigenvalue weighted by molar-refractivity contribution is 0.247. The molecular weight excluding hydrogens is 289 g/mol. The van der Waals surface area contributed by atoms with Crippen molar-refractivity contribution in [2.24, 2.45) is 5.73 Å². The number of hydrogen-bond donors (Lipinski definition) is 2. The average molecular weight is 305 g/mol. The Kier molecular flexibility index (Phi) is 3.92. The van der Waals surface area contributed by atoms with Crippen LogP contribution in [0.5, 0.6) is 0 Å². The molecule has 0 heterocycles. The van der Waals surface area contributed by atoms with Crippen molar-refractivity contribution in [3.05, 3.63) is 32.9 Å². The van der Waals surface area contributed by atoms with Crippen LogP contribution < -0.4 is 5.73 Å². The summed E-state index contributed by atoms with van der Waals surface area (Å²) in [6.07, 6.45) is 0.590. The van der Waals surface area contributed by atoms with Crippen LogP contribution in [0.1, 0.15) is 24.5 Å². The maximum Gasteiger partial charge on any atom is 0.0451 e. The van der Waals surface area contributed by atoms with Gasteiger partial charge in [0.15, 0.2) is 0 Å². The van der Waals surface area contributed by atoms with Crippen molar-refractivity contribution in [1.29, 1.82) is 0 Å². The van der Waals surface area contributed by atoms with Gasteiger partial charge in [0.05, 0.1) is 0 Å². The van der Waals surface area contributed by atoms with Gasteiger partial charge >= 0.3 is 0 Å². The Morgan fingerprint density at radius 1 is 1.50 bits per heavy atom. The number of aryl methyl sites for hydroxylation is 1. The quantitative estimate of drug-likeness (QED) is 0.841. The zero-order valence-corrected chi connectivity index (χ0v) is 10.7. The minimum absolute atomic E-state index is 0.122. The molecule has 1 rings (SSSR count). The SMILES string of the molecule is Cc1cccc([C@](C)(N)CCO)c1I. The van der Waals surface area contributed by atoms with Gasteiger partial charge < -0.3 is 10.8 Å². The number of aliphatic hydroxyl groups is 1. The Hall–Kier alpha value is -0.130. The molecular formula is C11H16INO. The third kappa shape index (κ3) is 2.46. The van der Waals surface area contributed by atoms with Gasteiger partial charge in [-0.05, 0) is 54.0 Å². The van der Waals surface area contributed by atoms with Crippen LogP contribution in [0.25, 0.3) is 0 Å². The predicted octanol–water partition coefficient (Wildman–Crippen LogP) is 2.16. The molecule has 0 aliphatic heterocycles. The highest BCUT2D eigenvalue weighted by Gasteiger charge is 2.23. The highest BCUT2D eigenvalue weighted by atomic mass is 127. The molecule has 1 aromatic carbocycles. The van der Waals surface area contributed by atoms with Crippen LogP contribution in [0.3, 0.4) is 0 Å². The number of nitrogens with two attached hydrogens (primary N) is 1. The van der Waals surface area contributed by atoms with Crippen LogP contribution >= 0.6 is 22.6 Å². The fraction of sp³-hybridized carbons (Fsp3) is 0.455. The molecule has 0 bridgehead atoms. The summed E-state index contributed by atoms with van der Waals surface area (Å²) in [5.41, 5.74) is 8.07. The lowest BCUT2D eigenvalue weighted by atomic mass is 9.89. The predicted molar refractivity (Wildman–Crippen MR) is 67.1 cm³/mol. The van der Waals surface area contributed by atoms with E-state index in [2.05, 4.69) is 35.6 Å². The van der Waals surface area contributed by atoms with Gasteiger partial charge in [0.1, 0.15) is 0 Å². The van der Waals surface area contributed by atoms with E-state index >= 15 is 0 Å². The van der Waals surface area contributed by atoms with Crippen LogP contribution in [0.15, 0.2) is 18.2 Å². The monoisotopic (exact) mass is 305 g/mol. The molecule has 3 heteroatoms. The standard InChI is InChI=1S/C11H16INO/c1-8-4-3-5-9(10(8)12)11(2,13)6-7-14/h3-5,14H,6-7,13H2,1-2H3/t11-/m1/s1. The van der Waals surface area contributed by atoms with Gasteiger partial charge in [0.25, 0.3) is 0 Å². The molecule has 0 amide bonds. The fourth-order valence-corrected chi connectivity index (χ4v) is 2.43. The summed E-state index contributed by atoms with van der Waals surface area (Å²) in [6, 6.07) is 6.11. The van der Waals surface area contributed by atoms with E-state index in [-0.39, 0.29) is 6.61 Å². The maximum absolute atomic E-state index is 8.94. The van der Waals surface area contributed by atoms with Gasteiger partial charge in [0, 0.05) is 15.7 Å². The zero-order valence-electron chi connectivity index (χ0n) is 8.55. The highest BCUT2D eigenvalue weighted by Crippen LogP contribution is 2.27. The van der Waals surface area contributed by atoms with Gasteiger partial charge in [-0.15, -0.1) is 0 Å². The summed E-state index contributed by atoms with van der Waals surface area (Å²) in [5.74, 6) is 0. The van der Waals surface area contributed by atoms with Crippen molar-refractivity contribution >= 4 is 22.6 Å². The molecule has 0 aromatic heterocycles. The van der Waals surface area contributed by atoms with Crippen LogP contribution in [0, 0.1) is 10.5 Å². The summed E-state index contributed by atoms with van der Waals surface area (Å²) in [6.45, 7) is 4.15. The highest BCUT2D eigenvalue weighted by molar-refractivity contribution is 14.1. The van der Waals surface area contributed by atoms with Gasteiger partial charge in [-0.25, -0.2) is 0 Å². The number of halogens is 1. The number of hydrogen-bond acceptors (Lipinski definition) is 2. The Morgan fingerprint density at radius 2 is 2.14 bits per heavy atom. The van der Waals surface area contributed by atoms with Crippen LogP contribution in [-0.4, -0.2) is 11.7 Å². The molecule has 14 heavy (non-hydrogen) atoms. The topological polar surface area (TPSA) is 46.2 Å². The van der Waals surface area contributed by atoms with Crippen molar-refractivity contribution in [3.63, 3.8) is 0 Å². The number of benzene rings is 1. The number of rotatable bonds is 3. The maximum atomic E-state index is 8.94. The van der Waals surface area contributed by atoms with Crippen molar-refractivity contribution in [1.82, 2.24) is 0 Å². The normalized spacial score (nSPS) is 15.2. The molecule has 3 N–H and O–H groups in total. The molecule has 0 aliphatic rings. The third-order valence-corrected chi connectivity index (χ3v) is 3.87. The first-order valence-electron chi connectivity index (χ1n) is 4.64. The molecule has 78 valence electrons. The molecule has 0 spiro atoms. The average Bonchev–Trinajstić information content (AvgIpc) is 2.09. The smallest absolute Gasteiger partial charge is 0.0451 e. The van der Waals surface area contributed by atoms with E-state index < -0.39 is 5.54 Å². The largest absolute Gasteiger partial charge is 0.396 e. The summed E-state index contributed by atoms with van der Waals surface area (Å²) in [4.78, 5) is 0. The van der Waals surface area contributed by atoms with Crippen LogP contribution in [-0.2, 0) is 5.54 Å². The number of aliphatic hydroxyl groups excluding tert-OH is 1. The summed E-state index contributed by atoms with van der Waals surface area (Å²) in [5, 5.41) is 8.94. The molecule has 0 radical (unpaired) electrons. The van der Waals surface area contributed by atoms with E-state index in [4.69, 9.17) is 10.8 Å².